The number of ether oxygens (including phenoxy) is 3. The molecule has 2 atom stereocenters. The van der Waals surface area contributed by atoms with Crippen LogP contribution in [-0.2, 0) is 35.2 Å². The van der Waals surface area contributed by atoms with E-state index in [1.807, 2.05) is 0 Å². The van der Waals surface area contributed by atoms with Crippen molar-refractivity contribution in [1.82, 2.24) is 5.16 Å². The van der Waals surface area contributed by atoms with Crippen LogP contribution in [0.15, 0.2) is 49.7 Å². The van der Waals surface area contributed by atoms with Gasteiger partial charge in [-0.3, -0.25) is 14.6 Å². The molecule has 0 fully saturated rings. The second-order valence-electron chi connectivity index (χ2n) is 6.49. The average molecular weight is 416 g/mol. The summed E-state index contributed by atoms with van der Waals surface area (Å²) >= 11 is 0. The summed E-state index contributed by atoms with van der Waals surface area (Å²) in [5.41, 5.74) is 0.865. The van der Waals surface area contributed by atoms with Crippen molar-refractivity contribution in [2.75, 3.05) is 14.2 Å². The first kappa shape index (κ1) is 21.0. The van der Waals surface area contributed by atoms with Gasteiger partial charge in [-0.1, -0.05) is 5.16 Å². The van der Waals surface area contributed by atoms with Crippen molar-refractivity contribution < 1.29 is 37.5 Å². The second-order valence-corrected chi connectivity index (χ2v) is 6.49. The lowest BCUT2D eigenvalue weighted by atomic mass is 9.80. The number of aromatic nitrogens is 1. The summed E-state index contributed by atoms with van der Waals surface area (Å²) < 4.78 is 25.3. The van der Waals surface area contributed by atoms with Crippen LogP contribution in [0.1, 0.15) is 19.5 Å². The molecule has 0 radical (unpaired) electrons. The molecule has 2 aromatic rings. The molecule has 10 heteroatoms. The Morgan fingerprint density at radius 1 is 1.07 bits per heavy atom. The maximum Gasteiger partial charge on any atom is 0.336 e. The van der Waals surface area contributed by atoms with Crippen LogP contribution in [0.4, 0.5) is 0 Å². The summed E-state index contributed by atoms with van der Waals surface area (Å²) in [7, 11) is 2.36. The van der Waals surface area contributed by atoms with E-state index >= 15 is 0 Å². The van der Waals surface area contributed by atoms with Crippen LogP contribution in [0, 0.1) is 11.8 Å². The molecule has 0 spiro atoms. The Labute approximate surface area is 171 Å². The van der Waals surface area contributed by atoms with E-state index in [9.17, 15) is 14.4 Å². The molecule has 0 aliphatic carbocycles. The van der Waals surface area contributed by atoms with Crippen molar-refractivity contribution in [2.24, 2.45) is 16.8 Å². The van der Waals surface area contributed by atoms with Crippen LogP contribution in [0.5, 0.6) is 0 Å². The Balaban J connectivity index is 1.84. The summed E-state index contributed by atoms with van der Waals surface area (Å²) in [6.07, 6.45) is 1.49. The van der Waals surface area contributed by atoms with Gasteiger partial charge in [0.05, 0.1) is 26.1 Å². The fourth-order valence-electron chi connectivity index (χ4n) is 3.25. The molecule has 2 aromatic heterocycles. The van der Waals surface area contributed by atoms with Gasteiger partial charge in [-0.2, -0.15) is 0 Å². The van der Waals surface area contributed by atoms with Crippen molar-refractivity contribution in [3.05, 3.63) is 41.4 Å². The maximum absolute atomic E-state index is 13.0. The number of hydrogen-bond acceptors (Lipinski definition) is 10. The number of carbonyl (C=O) groups excluding carboxylic acids is 3. The van der Waals surface area contributed by atoms with Gasteiger partial charge in [0.1, 0.15) is 24.1 Å². The normalized spacial score (nSPS) is 18.6. The molecule has 0 saturated carbocycles. The second kappa shape index (κ2) is 8.76. The molecule has 0 saturated heterocycles. The van der Waals surface area contributed by atoms with E-state index in [-0.39, 0.29) is 17.9 Å². The topological polar surface area (TPSA) is 130 Å². The minimum absolute atomic E-state index is 0.0556. The van der Waals surface area contributed by atoms with Gasteiger partial charge in [0.15, 0.2) is 5.76 Å². The van der Waals surface area contributed by atoms with Gasteiger partial charge in [0, 0.05) is 17.5 Å². The number of aliphatic imine (C=N–C) groups is 1. The van der Waals surface area contributed by atoms with Crippen molar-refractivity contribution in [1.29, 1.82) is 0 Å². The fraction of sp³-hybridized carbons (Fsp3) is 0.350. The Kier molecular flexibility index (Phi) is 6.14. The van der Waals surface area contributed by atoms with Gasteiger partial charge in [-0.25, -0.2) is 4.79 Å². The lowest BCUT2D eigenvalue weighted by Gasteiger charge is -2.28. The van der Waals surface area contributed by atoms with Crippen LogP contribution < -0.4 is 0 Å². The largest absolute Gasteiger partial charge is 0.468 e. The third-order valence-electron chi connectivity index (χ3n) is 4.63. The first-order valence-corrected chi connectivity index (χ1v) is 8.95. The highest BCUT2D eigenvalue weighted by atomic mass is 16.5. The molecule has 0 amide bonds. The number of carbonyl (C=O) groups is 3. The first-order chi connectivity index (χ1) is 14.4. The van der Waals surface area contributed by atoms with Crippen molar-refractivity contribution in [2.45, 2.75) is 20.5 Å². The predicted molar refractivity (Wildman–Crippen MR) is 101 cm³/mol. The monoisotopic (exact) mass is 416 g/mol. The lowest BCUT2D eigenvalue weighted by molar-refractivity contribution is -0.157. The summed E-state index contributed by atoms with van der Waals surface area (Å²) in [6.45, 7) is 2.89. The zero-order valence-electron chi connectivity index (χ0n) is 16.8. The number of rotatable bonds is 6. The third-order valence-corrected chi connectivity index (χ3v) is 4.63. The van der Waals surface area contributed by atoms with Gasteiger partial charge >= 0.3 is 17.9 Å². The van der Waals surface area contributed by atoms with E-state index in [4.69, 9.17) is 23.2 Å². The van der Waals surface area contributed by atoms with Crippen molar-refractivity contribution in [3.8, 4) is 11.5 Å². The van der Waals surface area contributed by atoms with Gasteiger partial charge in [-0.05, 0) is 26.0 Å². The zero-order chi connectivity index (χ0) is 21.8. The van der Waals surface area contributed by atoms with E-state index in [2.05, 4.69) is 10.1 Å². The van der Waals surface area contributed by atoms with E-state index in [1.165, 1.54) is 20.5 Å². The molecule has 1 aliphatic rings. The SMILES string of the molecule is COC(=O)C1=C(C)N=C(C)C(C(=O)OC)[C@H]1C(=O)OCc1cc(-c2ccco2)on1. The predicted octanol–water partition coefficient (Wildman–Crippen LogP) is 2.30. The Bertz CT molecular complexity index is 1020. The molecule has 1 unspecified atom stereocenters. The molecule has 0 aromatic carbocycles. The van der Waals surface area contributed by atoms with Crippen LogP contribution >= 0.6 is 0 Å². The fourth-order valence-corrected chi connectivity index (χ4v) is 3.25. The van der Waals surface area contributed by atoms with Gasteiger partial charge < -0.3 is 23.2 Å². The molecular formula is C20H20N2O8. The Morgan fingerprint density at radius 3 is 2.47 bits per heavy atom. The Morgan fingerprint density at radius 2 is 1.83 bits per heavy atom. The van der Waals surface area contributed by atoms with E-state index < -0.39 is 29.7 Å². The highest BCUT2D eigenvalue weighted by Gasteiger charge is 2.46. The number of allylic oxidation sites excluding steroid dienone is 1. The highest BCUT2D eigenvalue weighted by molar-refractivity contribution is 6.10. The number of esters is 3. The van der Waals surface area contributed by atoms with Gasteiger partial charge in [0.2, 0.25) is 5.76 Å². The number of methoxy groups -OCH3 is 2. The maximum atomic E-state index is 13.0. The molecule has 3 heterocycles. The van der Waals surface area contributed by atoms with Crippen LogP contribution in [-0.4, -0.2) is 43.0 Å². The minimum atomic E-state index is -1.26. The lowest BCUT2D eigenvalue weighted by Crippen LogP contribution is -2.42. The first-order valence-electron chi connectivity index (χ1n) is 8.95. The standard InChI is InChI=1S/C20H20N2O8/c1-10-15(18(23)26-3)17(16(11(2)21-10)19(24)27-4)20(25)29-9-12-8-14(30-22-12)13-6-5-7-28-13/h5-8,15,17H,9H2,1-4H3/t15?,17-/m1/s1. The Hall–Kier alpha value is -3.69. The average Bonchev–Trinajstić information content (AvgIpc) is 3.42. The number of nitrogens with zero attached hydrogens (tertiary/aromatic N) is 2. The molecule has 1 aliphatic heterocycles. The summed E-state index contributed by atoms with van der Waals surface area (Å²) in [5.74, 6) is -3.85. The summed E-state index contributed by atoms with van der Waals surface area (Å²) in [4.78, 5) is 41.8. The number of hydrogen-bond donors (Lipinski definition) is 0. The van der Waals surface area contributed by atoms with Crippen molar-refractivity contribution in [3.63, 3.8) is 0 Å². The van der Waals surface area contributed by atoms with Crippen LogP contribution in [0.2, 0.25) is 0 Å². The highest BCUT2D eigenvalue weighted by Crippen LogP contribution is 2.33. The van der Waals surface area contributed by atoms with Gasteiger partial charge in [0.25, 0.3) is 0 Å². The minimum Gasteiger partial charge on any atom is -0.468 e. The molecule has 0 bridgehead atoms. The summed E-state index contributed by atoms with van der Waals surface area (Å²) in [5, 5.41) is 3.83. The molecule has 10 nitrogen and oxygen atoms in total. The third kappa shape index (κ3) is 4.02. The smallest absolute Gasteiger partial charge is 0.336 e. The molecular weight excluding hydrogens is 396 g/mol. The molecule has 158 valence electrons. The summed E-state index contributed by atoms with van der Waals surface area (Å²) in [6, 6.07) is 4.94. The molecule has 30 heavy (non-hydrogen) atoms. The van der Waals surface area contributed by atoms with E-state index in [0.29, 0.717) is 22.9 Å². The van der Waals surface area contributed by atoms with E-state index in [1.54, 1.807) is 32.0 Å². The quantitative estimate of drug-likeness (QED) is 0.514. The molecule has 0 N–H and O–H groups in total. The number of furan rings is 1. The molecule has 3 rings (SSSR count). The van der Waals surface area contributed by atoms with Crippen LogP contribution in [0.3, 0.4) is 0 Å². The van der Waals surface area contributed by atoms with E-state index in [0.717, 1.165) is 0 Å². The van der Waals surface area contributed by atoms with Crippen LogP contribution in [0.25, 0.3) is 11.5 Å². The van der Waals surface area contributed by atoms with Gasteiger partial charge in [-0.15, -0.1) is 0 Å². The van der Waals surface area contributed by atoms with Crippen molar-refractivity contribution >= 4 is 23.6 Å². The zero-order valence-corrected chi connectivity index (χ0v) is 16.8.